The van der Waals surface area contributed by atoms with Crippen molar-refractivity contribution in [3.63, 3.8) is 0 Å². The van der Waals surface area contributed by atoms with E-state index in [2.05, 4.69) is 55.0 Å². The van der Waals surface area contributed by atoms with Gasteiger partial charge in [-0.1, -0.05) is 43.5 Å². The van der Waals surface area contributed by atoms with Crippen LogP contribution in [0.2, 0.25) is 0 Å². The highest BCUT2D eigenvalue weighted by Gasteiger charge is 2.19. The van der Waals surface area contributed by atoms with Gasteiger partial charge in [0.1, 0.15) is 11.6 Å². The van der Waals surface area contributed by atoms with Gasteiger partial charge in [-0.05, 0) is 43.5 Å². The fourth-order valence-electron chi connectivity index (χ4n) is 5.13. The van der Waals surface area contributed by atoms with E-state index < -0.39 is 0 Å². The van der Waals surface area contributed by atoms with E-state index in [-0.39, 0.29) is 0 Å². The zero-order chi connectivity index (χ0) is 25.7. The van der Waals surface area contributed by atoms with E-state index in [9.17, 15) is 0 Å². The number of nitrogen functional groups attached to an aromatic ring is 1. The molecular formula is C28H46N8O. The molecule has 9 heteroatoms. The van der Waals surface area contributed by atoms with Crippen molar-refractivity contribution in [1.29, 1.82) is 0 Å². The summed E-state index contributed by atoms with van der Waals surface area (Å²) < 4.78 is 5.20. The van der Waals surface area contributed by atoms with Crippen molar-refractivity contribution >= 4 is 17.6 Å². The predicted octanol–water partition coefficient (Wildman–Crippen LogP) is 2.84. The summed E-state index contributed by atoms with van der Waals surface area (Å²) in [5.74, 6) is 1.95. The lowest BCUT2D eigenvalue weighted by Gasteiger charge is -2.35. The summed E-state index contributed by atoms with van der Waals surface area (Å²) in [5, 5.41) is 10.6. The van der Waals surface area contributed by atoms with Crippen LogP contribution in [-0.2, 0) is 17.8 Å². The Hall–Kier alpha value is -2.46. The lowest BCUT2D eigenvalue weighted by atomic mass is 9.95. The summed E-state index contributed by atoms with van der Waals surface area (Å²) >= 11 is 0. The Kier molecular flexibility index (Phi) is 11.2. The van der Waals surface area contributed by atoms with Gasteiger partial charge in [-0.25, -0.2) is 0 Å². The van der Waals surface area contributed by atoms with Gasteiger partial charge in [-0.15, -0.1) is 0 Å². The van der Waals surface area contributed by atoms with Gasteiger partial charge in [-0.3, -0.25) is 4.90 Å². The van der Waals surface area contributed by atoms with Crippen molar-refractivity contribution < 1.29 is 4.74 Å². The molecular weight excluding hydrogens is 464 g/mol. The first-order chi connectivity index (χ1) is 18.2. The maximum absolute atomic E-state index is 6.11. The number of anilines is 3. The molecule has 1 aromatic carbocycles. The van der Waals surface area contributed by atoms with Crippen molar-refractivity contribution in [1.82, 2.24) is 25.5 Å². The third-order valence-electron chi connectivity index (χ3n) is 7.41. The second-order valence-electron chi connectivity index (χ2n) is 10.3. The fraction of sp³-hybridized carbons (Fsp3) is 0.643. The molecule has 1 saturated carbocycles. The first kappa shape index (κ1) is 27.6. The van der Waals surface area contributed by atoms with Gasteiger partial charge >= 0.3 is 0 Å². The predicted molar refractivity (Wildman–Crippen MR) is 152 cm³/mol. The summed E-state index contributed by atoms with van der Waals surface area (Å²) in [4.78, 5) is 13.8. The van der Waals surface area contributed by atoms with Crippen LogP contribution in [0, 0.1) is 0 Å². The summed E-state index contributed by atoms with van der Waals surface area (Å²) in [7, 11) is 1.75. The van der Waals surface area contributed by atoms with Crippen LogP contribution in [0.5, 0.6) is 0 Å². The first-order valence-corrected chi connectivity index (χ1v) is 14.1. The molecule has 0 spiro atoms. The molecule has 1 aliphatic carbocycles. The first-order valence-electron chi connectivity index (χ1n) is 14.1. The molecule has 4 rings (SSSR count). The van der Waals surface area contributed by atoms with Crippen LogP contribution < -0.4 is 26.6 Å². The van der Waals surface area contributed by atoms with E-state index in [4.69, 9.17) is 15.5 Å². The van der Waals surface area contributed by atoms with E-state index in [0.717, 1.165) is 70.8 Å². The minimum Gasteiger partial charge on any atom is -0.383 e. The summed E-state index contributed by atoms with van der Waals surface area (Å²) in [6.07, 6.45) is 8.08. The molecule has 5 N–H and O–H groups in total. The van der Waals surface area contributed by atoms with Crippen LogP contribution in [0.4, 0.5) is 17.6 Å². The molecule has 1 saturated heterocycles. The minimum absolute atomic E-state index is 0.490. The molecule has 2 fully saturated rings. The Labute approximate surface area is 222 Å². The molecule has 1 aliphatic heterocycles. The Morgan fingerprint density at radius 1 is 0.946 bits per heavy atom. The van der Waals surface area contributed by atoms with E-state index in [1.54, 1.807) is 7.11 Å². The lowest BCUT2D eigenvalue weighted by Crippen LogP contribution is -2.47. The van der Waals surface area contributed by atoms with Gasteiger partial charge in [0, 0.05) is 65.0 Å². The SMILES string of the molecule is COCCN1CCN(c2cc(N)nc(NCc3ccc(CNCCCNC4CCCCC4)cc3)n2)CC1. The summed E-state index contributed by atoms with van der Waals surface area (Å²) in [6, 6.07) is 11.3. The number of nitrogens with one attached hydrogen (secondary N) is 3. The second-order valence-corrected chi connectivity index (χ2v) is 10.3. The van der Waals surface area contributed by atoms with Gasteiger partial charge in [0.2, 0.25) is 5.95 Å². The fourth-order valence-corrected chi connectivity index (χ4v) is 5.13. The van der Waals surface area contributed by atoms with Crippen LogP contribution in [0.1, 0.15) is 49.7 Å². The number of hydrogen-bond acceptors (Lipinski definition) is 9. The van der Waals surface area contributed by atoms with E-state index in [1.165, 1.54) is 49.7 Å². The van der Waals surface area contributed by atoms with Crippen LogP contribution in [0.3, 0.4) is 0 Å². The zero-order valence-electron chi connectivity index (χ0n) is 22.6. The van der Waals surface area contributed by atoms with Crippen LogP contribution in [0.25, 0.3) is 0 Å². The molecule has 2 aliphatic rings. The maximum atomic E-state index is 6.11. The van der Waals surface area contributed by atoms with Crippen LogP contribution >= 0.6 is 0 Å². The number of ether oxygens (including phenoxy) is 1. The van der Waals surface area contributed by atoms with Crippen molar-refractivity contribution in [2.75, 3.05) is 75.5 Å². The van der Waals surface area contributed by atoms with E-state index in [1.807, 2.05) is 6.07 Å². The normalized spacial score (nSPS) is 17.3. The van der Waals surface area contributed by atoms with Crippen molar-refractivity contribution in [2.24, 2.45) is 0 Å². The molecule has 0 radical (unpaired) electrons. The quantitative estimate of drug-likeness (QED) is 0.286. The van der Waals surface area contributed by atoms with Crippen molar-refractivity contribution in [3.8, 4) is 0 Å². The molecule has 2 aromatic rings. The molecule has 1 aromatic heterocycles. The number of aromatic nitrogens is 2. The Bertz CT molecular complexity index is 911. The molecule has 0 bridgehead atoms. The monoisotopic (exact) mass is 510 g/mol. The van der Waals surface area contributed by atoms with Gasteiger partial charge < -0.3 is 31.3 Å². The largest absolute Gasteiger partial charge is 0.383 e. The summed E-state index contributed by atoms with van der Waals surface area (Å²) in [5.41, 5.74) is 8.60. The van der Waals surface area contributed by atoms with Crippen molar-refractivity contribution in [3.05, 3.63) is 41.5 Å². The smallest absolute Gasteiger partial charge is 0.226 e. The zero-order valence-corrected chi connectivity index (χ0v) is 22.6. The number of nitrogens with zero attached hydrogens (tertiary/aromatic N) is 4. The molecule has 9 nitrogen and oxygen atoms in total. The highest BCUT2D eigenvalue weighted by molar-refractivity contribution is 5.52. The third-order valence-corrected chi connectivity index (χ3v) is 7.41. The van der Waals surface area contributed by atoms with Crippen LogP contribution in [0.15, 0.2) is 30.3 Å². The molecule has 0 atom stereocenters. The highest BCUT2D eigenvalue weighted by Crippen LogP contribution is 2.19. The topological polar surface area (TPSA) is 104 Å². The number of hydrogen-bond donors (Lipinski definition) is 4. The average Bonchev–Trinajstić information content (AvgIpc) is 2.94. The van der Waals surface area contributed by atoms with Gasteiger partial charge in [-0.2, -0.15) is 9.97 Å². The lowest BCUT2D eigenvalue weighted by molar-refractivity contribution is 0.144. The standard InChI is InChI=1S/C28H46N8O/c1-37-19-18-35-14-16-36(17-15-35)27-20-26(29)33-28(34-27)32-22-24-10-8-23(9-11-24)21-30-12-5-13-31-25-6-3-2-4-7-25/h8-11,20,25,30-31H,2-7,12-19,21-22H2,1H3,(H3,29,32,33,34). The molecule has 204 valence electrons. The van der Waals surface area contributed by atoms with Crippen molar-refractivity contribution in [2.45, 2.75) is 57.7 Å². The third kappa shape index (κ3) is 9.41. The number of benzene rings is 1. The van der Waals surface area contributed by atoms with E-state index >= 15 is 0 Å². The second kappa shape index (κ2) is 15.1. The Morgan fingerprint density at radius 3 is 2.41 bits per heavy atom. The minimum atomic E-state index is 0.490. The van der Waals surface area contributed by atoms with Crippen LogP contribution in [-0.4, -0.2) is 80.4 Å². The van der Waals surface area contributed by atoms with Gasteiger partial charge in [0.05, 0.1) is 6.61 Å². The number of rotatable bonds is 14. The molecule has 2 heterocycles. The molecule has 37 heavy (non-hydrogen) atoms. The van der Waals surface area contributed by atoms with E-state index in [0.29, 0.717) is 18.3 Å². The number of nitrogens with two attached hydrogens (primary N) is 1. The molecule has 0 amide bonds. The van der Waals surface area contributed by atoms with Gasteiger partial charge in [0.15, 0.2) is 0 Å². The number of methoxy groups -OCH3 is 1. The van der Waals surface area contributed by atoms with Gasteiger partial charge in [0.25, 0.3) is 0 Å². The average molecular weight is 511 g/mol. The summed E-state index contributed by atoms with van der Waals surface area (Å²) in [6.45, 7) is 9.29. The molecule has 0 unspecified atom stereocenters. The number of piperazine rings is 1. The Morgan fingerprint density at radius 2 is 1.68 bits per heavy atom. The maximum Gasteiger partial charge on any atom is 0.226 e. The highest BCUT2D eigenvalue weighted by atomic mass is 16.5. The Balaban J connectivity index is 1.15.